The maximum Gasteiger partial charge on any atom is 0.195 e. The molecule has 0 aromatic rings. The summed E-state index contributed by atoms with van der Waals surface area (Å²) < 4.78 is 17.0. The van der Waals surface area contributed by atoms with Gasteiger partial charge in [0.25, 0.3) is 0 Å². The summed E-state index contributed by atoms with van der Waals surface area (Å²) in [6.07, 6.45) is 2.22. The average Bonchev–Trinajstić information content (AvgIpc) is 2.16. The molecule has 0 saturated carbocycles. The molecule has 0 bridgehead atoms. The van der Waals surface area contributed by atoms with Crippen LogP contribution >= 0.6 is 0 Å². The van der Waals surface area contributed by atoms with Gasteiger partial charge in [0.05, 0.1) is 6.61 Å². The number of rotatable bonds is 0. The van der Waals surface area contributed by atoms with Crippen molar-refractivity contribution in [2.24, 2.45) is 0 Å². The molecule has 2 heterocycles. The van der Waals surface area contributed by atoms with E-state index in [9.17, 15) is 0 Å². The van der Waals surface area contributed by atoms with Crippen LogP contribution < -0.4 is 0 Å². The van der Waals surface area contributed by atoms with Crippen molar-refractivity contribution in [3.63, 3.8) is 0 Å². The molecule has 0 radical (unpaired) electrons. The Kier molecular flexibility index (Phi) is 1.72. The molecule has 2 fully saturated rings. The molecule has 0 aromatic carbocycles. The van der Waals surface area contributed by atoms with E-state index in [1.54, 1.807) is 0 Å². The van der Waals surface area contributed by atoms with Gasteiger partial charge in [-0.2, -0.15) is 0 Å². The van der Waals surface area contributed by atoms with E-state index in [0.717, 1.165) is 19.4 Å². The molecule has 0 N–H and O–H groups in total. The van der Waals surface area contributed by atoms with E-state index in [0.29, 0.717) is 0 Å². The molecule has 0 amide bonds. The Bertz CT molecular complexity index is 190. The van der Waals surface area contributed by atoms with Gasteiger partial charge in [0.15, 0.2) is 11.6 Å². The van der Waals surface area contributed by atoms with Gasteiger partial charge in [0.2, 0.25) is 0 Å². The first-order chi connectivity index (χ1) is 5.52. The molecule has 2 rings (SSSR count). The Morgan fingerprint density at radius 2 is 2.00 bits per heavy atom. The molecule has 1 unspecified atom stereocenters. The molecule has 70 valence electrons. The van der Waals surface area contributed by atoms with Crippen LogP contribution in [0.15, 0.2) is 0 Å². The van der Waals surface area contributed by atoms with Crippen molar-refractivity contribution in [3.05, 3.63) is 0 Å². The van der Waals surface area contributed by atoms with Crippen LogP contribution in [0, 0.1) is 0 Å². The molecule has 2 atom stereocenters. The van der Waals surface area contributed by atoms with Gasteiger partial charge in [-0.15, -0.1) is 0 Å². The fourth-order valence-corrected chi connectivity index (χ4v) is 2.01. The molecule has 0 aliphatic carbocycles. The smallest absolute Gasteiger partial charge is 0.195 e. The summed E-state index contributed by atoms with van der Waals surface area (Å²) in [7, 11) is 0. The van der Waals surface area contributed by atoms with Crippen molar-refractivity contribution < 1.29 is 14.2 Å². The fraction of sp³-hybridized carbons (Fsp3) is 1.00. The standard InChI is InChI=1S/C9H16O3/c1-8(2)11-7-5-4-6-10-9(7,3)12-8/h7H,4-6H2,1-3H3/t7?,9-/m0/s1. The summed E-state index contributed by atoms with van der Waals surface area (Å²) >= 11 is 0. The number of hydrogen-bond donors (Lipinski definition) is 0. The quantitative estimate of drug-likeness (QED) is 0.556. The van der Waals surface area contributed by atoms with E-state index in [4.69, 9.17) is 14.2 Å². The van der Waals surface area contributed by atoms with E-state index in [2.05, 4.69) is 0 Å². The van der Waals surface area contributed by atoms with Gasteiger partial charge in [-0.25, -0.2) is 0 Å². The Morgan fingerprint density at radius 1 is 1.25 bits per heavy atom. The van der Waals surface area contributed by atoms with Crippen LogP contribution in [0.1, 0.15) is 33.6 Å². The van der Waals surface area contributed by atoms with E-state index in [1.165, 1.54) is 0 Å². The van der Waals surface area contributed by atoms with Crippen molar-refractivity contribution in [1.82, 2.24) is 0 Å². The molecule has 12 heavy (non-hydrogen) atoms. The van der Waals surface area contributed by atoms with Crippen LogP contribution in [0.3, 0.4) is 0 Å². The van der Waals surface area contributed by atoms with Gasteiger partial charge in [-0.3, -0.25) is 0 Å². The lowest BCUT2D eigenvalue weighted by Crippen LogP contribution is -2.43. The number of fused-ring (bicyclic) bond motifs is 1. The zero-order chi connectivity index (χ0) is 8.82. The van der Waals surface area contributed by atoms with Crippen LogP contribution in [-0.4, -0.2) is 24.3 Å². The summed E-state index contributed by atoms with van der Waals surface area (Å²) in [6, 6.07) is 0. The highest BCUT2D eigenvalue weighted by Gasteiger charge is 2.52. The Morgan fingerprint density at radius 3 is 2.67 bits per heavy atom. The molecule has 2 aliphatic heterocycles. The third kappa shape index (κ3) is 1.26. The zero-order valence-corrected chi connectivity index (χ0v) is 7.92. The average molecular weight is 172 g/mol. The van der Waals surface area contributed by atoms with Crippen molar-refractivity contribution in [1.29, 1.82) is 0 Å². The number of hydrogen-bond acceptors (Lipinski definition) is 3. The molecule has 3 heteroatoms. The minimum atomic E-state index is -0.498. The van der Waals surface area contributed by atoms with Crippen LogP contribution in [0.4, 0.5) is 0 Å². The summed E-state index contributed by atoms with van der Waals surface area (Å²) in [5.41, 5.74) is 0. The van der Waals surface area contributed by atoms with Crippen LogP contribution in [-0.2, 0) is 14.2 Å². The van der Waals surface area contributed by atoms with Gasteiger partial charge < -0.3 is 14.2 Å². The largest absolute Gasteiger partial charge is 0.348 e. The topological polar surface area (TPSA) is 27.7 Å². The van der Waals surface area contributed by atoms with Gasteiger partial charge in [0.1, 0.15) is 6.10 Å². The molecule has 0 spiro atoms. The van der Waals surface area contributed by atoms with Crippen LogP contribution in [0.5, 0.6) is 0 Å². The maximum absolute atomic E-state index is 5.71. The van der Waals surface area contributed by atoms with Crippen LogP contribution in [0.25, 0.3) is 0 Å². The SMILES string of the molecule is CC1(C)OC2CCCO[C@@]2(C)O1. The highest BCUT2D eigenvalue weighted by atomic mass is 16.8. The predicted octanol–water partition coefficient (Wildman–Crippen LogP) is 1.66. The number of ether oxygens (including phenoxy) is 3. The molecule has 2 saturated heterocycles. The molecule has 3 nitrogen and oxygen atoms in total. The summed E-state index contributed by atoms with van der Waals surface area (Å²) in [6.45, 7) is 6.61. The predicted molar refractivity (Wildman–Crippen MR) is 43.6 cm³/mol. The maximum atomic E-state index is 5.71. The van der Waals surface area contributed by atoms with Gasteiger partial charge >= 0.3 is 0 Å². The van der Waals surface area contributed by atoms with E-state index in [-0.39, 0.29) is 6.10 Å². The molecule has 0 aromatic heterocycles. The van der Waals surface area contributed by atoms with Gasteiger partial charge in [-0.1, -0.05) is 0 Å². The zero-order valence-electron chi connectivity index (χ0n) is 7.92. The Balaban J connectivity index is 2.16. The third-order valence-electron chi connectivity index (χ3n) is 2.46. The monoisotopic (exact) mass is 172 g/mol. The minimum Gasteiger partial charge on any atom is -0.348 e. The first kappa shape index (κ1) is 8.48. The Hall–Kier alpha value is -0.120. The molecular formula is C9H16O3. The highest BCUT2D eigenvalue weighted by Crippen LogP contribution is 2.41. The van der Waals surface area contributed by atoms with E-state index >= 15 is 0 Å². The summed E-state index contributed by atoms with van der Waals surface area (Å²) in [5, 5.41) is 0. The van der Waals surface area contributed by atoms with Crippen molar-refractivity contribution in [2.45, 2.75) is 51.3 Å². The van der Waals surface area contributed by atoms with E-state index in [1.807, 2.05) is 20.8 Å². The first-order valence-electron chi connectivity index (χ1n) is 4.54. The third-order valence-corrected chi connectivity index (χ3v) is 2.46. The summed E-state index contributed by atoms with van der Waals surface area (Å²) in [5.74, 6) is -0.981. The normalized spacial score (nSPS) is 45.8. The lowest BCUT2D eigenvalue weighted by Gasteiger charge is -2.32. The minimum absolute atomic E-state index is 0.112. The van der Waals surface area contributed by atoms with Crippen molar-refractivity contribution >= 4 is 0 Å². The lowest BCUT2D eigenvalue weighted by atomic mass is 10.0. The van der Waals surface area contributed by atoms with Gasteiger partial charge in [-0.05, 0) is 33.6 Å². The van der Waals surface area contributed by atoms with Crippen LogP contribution in [0.2, 0.25) is 0 Å². The van der Waals surface area contributed by atoms with Crippen molar-refractivity contribution in [3.8, 4) is 0 Å². The lowest BCUT2D eigenvalue weighted by molar-refractivity contribution is -0.253. The molecular weight excluding hydrogens is 156 g/mol. The first-order valence-corrected chi connectivity index (χ1v) is 4.54. The second kappa shape index (κ2) is 2.44. The van der Waals surface area contributed by atoms with Gasteiger partial charge in [0, 0.05) is 0 Å². The fourth-order valence-electron chi connectivity index (χ4n) is 2.01. The second-order valence-electron chi connectivity index (χ2n) is 4.12. The molecule has 2 aliphatic rings. The Labute approximate surface area is 73.0 Å². The van der Waals surface area contributed by atoms with Crippen molar-refractivity contribution in [2.75, 3.05) is 6.61 Å². The van der Waals surface area contributed by atoms with E-state index < -0.39 is 11.6 Å². The highest BCUT2D eigenvalue weighted by molar-refractivity contribution is 4.88. The second-order valence-corrected chi connectivity index (χ2v) is 4.12. The summed E-state index contributed by atoms with van der Waals surface area (Å²) in [4.78, 5) is 0.